The Morgan fingerprint density at radius 1 is 1.25 bits per heavy atom. The lowest BCUT2D eigenvalue weighted by atomic mass is 9.86. The van der Waals surface area contributed by atoms with Crippen molar-refractivity contribution >= 4 is 12.0 Å². The molecule has 3 rings (SSSR count). The summed E-state index contributed by atoms with van der Waals surface area (Å²) in [5, 5.41) is 11.1. The van der Waals surface area contributed by atoms with E-state index in [-0.39, 0.29) is 5.57 Å². The minimum absolute atomic E-state index is 0.263. The van der Waals surface area contributed by atoms with E-state index in [2.05, 4.69) is 0 Å². The van der Waals surface area contributed by atoms with Crippen molar-refractivity contribution in [3.63, 3.8) is 0 Å². The van der Waals surface area contributed by atoms with Gasteiger partial charge in [0.2, 0.25) is 6.54 Å². The summed E-state index contributed by atoms with van der Waals surface area (Å²) in [7, 11) is 1.51. The SMILES string of the molecule is COc1ccc2c(c1)[C@@H](C[N+](=O)[O-])C(C=O)=C(c1ccccc1)O2. The lowest BCUT2D eigenvalue weighted by molar-refractivity contribution is -0.481. The number of ether oxygens (including phenoxy) is 2. The smallest absolute Gasteiger partial charge is 0.215 e. The third-order valence-corrected chi connectivity index (χ3v) is 3.94. The standard InChI is InChI=1S/C18H15NO5/c1-23-13-7-8-17-14(9-13)15(10-19(21)22)16(11-20)18(24-17)12-5-3-2-4-6-12/h2-9,11,15H,10H2,1H3/t15-/m1/s1. The van der Waals surface area contributed by atoms with Crippen LogP contribution in [-0.2, 0) is 4.79 Å². The third kappa shape index (κ3) is 2.86. The Bertz CT molecular complexity index is 813. The Morgan fingerprint density at radius 3 is 2.62 bits per heavy atom. The van der Waals surface area contributed by atoms with Gasteiger partial charge in [-0.2, -0.15) is 0 Å². The summed E-state index contributed by atoms with van der Waals surface area (Å²) < 4.78 is 11.1. The van der Waals surface area contributed by atoms with Gasteiger partial charge in [0.15, 0.2) is 6.29 Å². The van der Waals surface area contributed by atoms with E-state index in [1.54, 1.807) is 30.3 Å². The normalized spacial score (nSPS) is 16.1. The van der Waals surface area contributed by atoms with E-state index in [0.717, 1.165) is 0 Å². The fraction of sp³-hybridized carbons (Fsp3) is 0.167. The van der Waals surface area contributed by atoms with E-state index >= 15 is 0 Å². The summed E-state index contributed by atoms with van der Waals surface area (Å²) in [4.78, 5) is 22.4. The average molecular weight is 325 g/mol. The van der Waals surface area contributed by atoms with Gasteiger partial charge in [-0.1, -0.05) is 30.3 Å². The zero-order valence-electron chi connectivity index (χ0n) is 13.0. The molecular formula is C18H15NO5. The maximum absolute atomic E-state index is 11.7. The fourth-order valence-electron chi connectivity index (χ4n) is 2.81. The molecule has 0 unspecified atom stereocenters. The lowest BCUT2D eigenvalue weighted by Gasteiger charge is -2.27. The first-order valence-electron chi connectivity index (χ1n) is 7.36. The summed E-state index contributed by atoms with van der Waals surface area (Å²) in [5.41, 5.74) is 1.54. The van der Waals surface area contributed by atoms with Crippen molar-refractivity contribution in [2.45, 2.75) is 5.92 Å². The average Bonchev–Trinajstić information content (AvgIpc) is 2.61. The van der Waals surface area contributed by atoms with E-state index in [1.807, 2.05) is 18.2 Å². The predicted octanol–water partition coefficient (Wildman–Crippen LogP) is 3.06. The fourth-order valence-corrected chi connectivity index (χ4v) is 2.81. The van der Waals surface area contributed by atoms with Gasteiger partial charge >= 0.3 is 0 Å². The number of carbonyl (C=O) groups excluding carboxylic acids is 1. The van der Waals surface area contributed by atoms with Crippen LogP contribution in [0.3, 0.4) is 0 Å². The Hall–Kier alpha value is -3.15. The predicted molar refractivity (Wildman–Crippen MR) is 87.7 cm³/mol. The number of carbonyl (C=O) groups is 1. The van der Waals surface area contributed by atoms with Gasteiger partial charge in [-0.3, -0.25) is 14.9 Å². The number of nitro groups is 1. The molecule has 0 radical (unpaired) electrons. The van der Waals surface area contributed by atoms with E-state index < -0.39 is 17.4 Å². The second-order valence-corrected chi connectivity index (χ2v) is 5.34. The van der Waals surface area contributed by atoms with E-state index in [4.69, 9.17) is 9.47 Å². The molecule has 2 aromatic carbocycles. The Labute approximate surface area is 138 Å². The zero-order valence-corrected chi connectivity index (χ0v) is 13.0. The van der Waals surface area contributed by atoms with Crippen molar-refractivity contribution in [2.75, 3.05) is 13.7 Å². The maximum atomic E-state index is 11.7. The topological polar surface area (TPSA) is 78.7 Å². The molecule has 0 aromatic heterocycles. The highest BCUT2D eigenvalue weighted by Crippen LogP contribution is 2.43. The summed E-state index contributed by atoms with van der Waals surface area (Å²) >= 11 is 0. The molecule has 24 heavy (non-hydrogen) atoms. The second-order valence-electron chi connectivity index (χ2n) is 5.34. The van der Waals surface area contributed by atoms with Crippen LogP contribution in [0.4, 0.5) is 0 Å². The van der Waals surface area contributed by atoms with Crippen LogP contribution in [0, 0.1) is 10.1 Å². The largest absolute Gasteiger partial charge is 0.497 e. The molecule has 0 aliphatic carbocycles. The summed E-state index contributed by atoms with van der Waals surface area (Å²) in [5.74, 6) is 0.716. The van der Waals surface area contributed by atoms with Gasteiger partial charge in [0.05, 0.1) is 13.0 Å². The first kappa shape index (κ1) is 15.7. The molecule has 0 bridgehead atoms. The van der Waals surface area contributed by atoms with Crippen molar-refractivity contribution < 1.29 is 19.2 Å². The summed E-state index contributed by atoms with van der Waals surface area (Å²) in [6.45, 7) is -0.395. The van der Waals surface area contributed by atoms with E-state index in [0.29, 0.717) is 34.7 Å². The van der Waals surface area contributed by atoms with Gasteiger partial charge in [0.1, 0.15) is 17.3 Å². The molecule has 1 heterocycles. The minimum atomic E-state index is -0.688. The van der Waals surface area contributed by atoms with Crippen LogP contribution in [0.5, 0.6) is 11.5 Å². The number of fused-ring (bicyclic) bond motifs is 1. The number of rotatable bonds is 5. The van der Waals surface area contributed by atoms with Crippen LogP contribution in [0.2, 0.25) is 0 Å². The van der Waals surface area contributed by atoms with Crippen molar-refractivity contribution in [2.24, 2.45) is 0 Å². The highest BCUT2D eigenvalue weighted by Gasteiger charge is 2.34. The molecular weight excluding hydrogens is 310 g/mol. The summed E-state index contributed by atoms with van der Waals surface area (Å²) in [6, 6.07) is 14.2. The van der Waals surface area contributed by atoms with Gasteiger partial charge in [0, 0.05) is 21.6 Å². The third-order valence-electron chi connectivity index (χ3n) is 3.94. The van der Waals surface area contributed by atoms with Gasteiger partial charge < -0.3 is 9.47 Å². The van der Waals surface area contributed by atoms with E-state index in [1.165, 1.54) is 7.11 Å². The van der Waals surface area contributed by atoms with Crippen molar-refractivity contribution in [1.82, 2.24) is 0 Å². The molecule has 0 amide bonds. The molecule has 6 heteroatoms. The molecule has 1 aliphatic heterocycles. The number of hydrogen-bond donors (Lipinski definition) is 0. The minimum Gasteiger partial charge on any atom is -0.497 e. The molecule has 0 N–H and O–H groups in total. The molecule has 0 spiro atoms. The first-order chi connectivity index (χ1) is 11.6. The second kappa shape index (κ2) is 6.54. The van der Waals surface area contributed by atoms with Crippen LogP contribution < -0.4 is 9.47 Å². The van der Waals surface area contributed by atoms with Crippen molar-refractivity contribution in [3.8, 4) is 11.5 Å². The molecule has 0 saturated heterocycles. The van der Waals surface area contributed by atoms with Gasteiger partial charge in [-0.05, 0) is 18.2 Å². The Morgan fingerprint density at radius 2 is 2.00 bits per heavy atom. The Kier molecular flexibility index (Phi) is 4.29. The molecule has 2 aromatic rings. The van der Waals surface area contributed by atoms with Crippen LogP contribution in [0.15, 0.2) is 54.1 Å². The first-order valence-corrected chi connectivity index (χ1v) is 7.36. The van der Waals surface area contributed by atoms with Crippen molar-refractivity contribution in [3.05, 3.63) is 75.3 Å². The number of benzene rings is 2. The summed E-state index contributed by atoms with van der Waals surface area (Å²) in [6.07, 6.45) is 0.638. The molecule has 0 saturated carbocycles. The highest BCUT2D eigenvalue weighted by molar-refractivity contribution is 5.90. The lowest BCUT2D eigenvalue weighted by Crippen LogP contribution is -2.22. The van der Waals surface area contributed by atoms with Crippen LogP contribution >= 0.6 is 0 Å². The number of nitrogens with zero attached hydrogens (tertiary/aromatic N) is 1. The quantitative estimate of drug-likeness (QED) is 0.479. The monoisotopic (exact) mass is 325 g/mol. The van der Waals surface area contributed by atoms with Crippen LogP contribution in [0.25, 0.3) is 5.76 Å². The highest BCUT2D eigenvalue weighted by atomic mass is 16.6. The zero-order chi connectivity index (χ0) is 17.1. The van der Waals surface area contributed by atoms with E-state index in [9.17, 15) is 14.9 Å². The maximum Gasteiger partial charge on any atom is 0.215 e. The molecule has 0 fully saturated rings. The number of methoxy groups -OCH3 is 1. The molecule has 122 valence electrons. The molecule has 1 atom stereocenters. The van der Waals surface area contributed by atoms with Gasteiger partial charge in [-0.15, -0.1) is 0 Å². The number of hydrogen-bond acceptors (Lipinski definition) is 5. The van der Waals surface area contributed by atoms with Crippen molar-refractivity contribution in [1.29, 1.82) is 0 Å². The van der Waals surface area contributed by atoms with Gasteiger partial charge in [-0.25, -0.2) is 0 Å². The van der Waals surface area contributed by atoms with Gasteiger partial charge in [0.25, 0.3) is 0 Å². The van der Waals surface area contributed by atoms with Crippen LogP contribution in [0.1, 0.15) is 17.0 Å². The number of aldehydes is 1. The Balaban J connectivity index is 2.18. The molecule has 6 nitrogen and oxygen atoms in total. The van der Waals surface area contributed by atoms with Crippen LogP contribution in [-0.4, -0.2) is 24.9 Å². The molecule has 1 aliphatic rings.